The third-order valence-corrected chi connectivity index (χ3v) is 4.01. The van der Waals surface area contributed by atoms with Gasteiger partial charge < -0.3 is 0 Å². The van der Waals surface area contributed by atoms with E-state index in [9.17, 15) is 0 Å². The van der Waals surface area contributed by atoms with Crippen LogP contribution in [0, 0.1) is 5.92 Å². The van der Waals surface area contributed by atoms with Crippen molar-refractivity contribution in [3.8, 4) is 0 Å². The maximum atomic E-state index is 2.49. The van der Waals surface area contributed by atoms with Crippen molar-refractivity contribution in [3.05, 3.63) is 9.15 Å². The van der Waals surface area contributed by atoms with Gasteiger partial charge in [0.15, 0.2) is 0 Å². The van der Waals surface area contributed by atoms with E-state index in [1.807, 2.05) is 0 Å². The molecule has 0 aromatic rings. The SMILES string of the molecule is CC1=C(I)C(C)CCC1. The lowest BCUT2D eigenvalue weighted by atomic mass is 9.93. The van der Waals surface area contributed by atoms with E-state index in [4.69, 9.17) is 0 Å². The highest BCUT2D eigenvalue weighted by Gasteiger charge is 2.13. The molecule has 0 saturated carbocycles. The molecule has 0 amide bonds. The van der Waals surface area contributed by atoms with Crippen LogP contribution in [-0.4, -0.2) is 0 Å². The van der Waals surface area contributed by atoms with Gasteiger partial charge in [0.1, 0.15) is 0 Å². The van der Waals surface area contributed by atoms with Gasteiger partial charge in [-0.2, -0.15) is 0 Å². The summed E-state index contributed by atoms with van der Waals surface area (Å²) >= 11 is 2.49. The summed E-state index contributed by atoms with van der Waals surface area (Å²) in [6.07, 6.45) is 4.14. The van der Waals surface area contributed by atoms with Crippen molar-refractivity contribution in [2.24, 2.45) is 5.92 Å². The van der Waals surface area contributed by atoms with E-state index in [1.54, 1.807) is 9.15 Å². The average Bonchev–Trinajstić information content (AvgIpc) is 1.83. The van der Waals surface area contributed by atoms with Crippen LogP contribution in [-0.2, 0) is 0 Å². The first-order valence-corrected chi connectivity index (χ1v) is 4.65. The maximum Gasteiger partial charge on any atom is -0.00766 e. The first kappa shape index (κ1) is 7.58. The Kier molecular flexibility index (Phi) is 2.56. The lowest BCUT2D eigenvalue weighted by Gasteiger charge is -2.19. The molecule has 0 fully saturated rings. The molecule has 0 aromatic carbocycles. The van der Waals surface area contributed by atoms with E-state index < -0.39 is 0 Å². The Bertz CT molecular complexity index is 136. The fourth-order valence-corrected chi connectivity index (χ4v) is 1.92. The van der Waals surface area contributed by atoms with E-state index in [0.717, 1.165) is 5.92 Å². The molecule has 0 heterocycles. The number of rotatable bonds is 0. The molecule has 1 rings (SSSR count). The van der Waals surface area contributed by atoms with Crippen molar-refractivity contribution in [2.45, 2.75) is 33.1 Å². The summed E-state index contributed by atoms with van der Waals surface area (Å²) < 4.78 is 1.61. The minimum absolute atomic E-state index is 0.847. The summed E-state index contributed by atoms with van der Waals surface area (Å²) in [5, 5.41) is 0. The van der Waals surface area contributed by atoms with E-state index in [1.165, 1.54) is 19.3 Å². The van der Waals surface area contributed by atoms with E-state index in [-0.39, 0.29) is 0 Å². The van der Waals surface area contributed by atoms with Crippen LogP contribution in [0.1, 0.15) is 33.1 Å². The Hall–Kier alpha value is 0.470. The first-order chi connectivity index (χ1) is 4.22. The summed E-state index contributed by atoms with van der Waals surface area (Å²) in [4.78, 5) is 0. The maximum absolute atomic E-state index is 2.49. The van der Waals surface area contributed by atoms with Crippen molar-refractivity contribution in [1.82, 2.24) is 0 Å². The predicted molar refractivity (Wildman–Crippen MR) is 49.7 cm³/mol. The van der Waals surface area contributed by atoms with Gasteiger partial charge in [-0.15, -0.1) is 0 Å². The highest BCUT2D eigenvalue weighted by molar-refractivity contribution is 14.1. The monoisotopic (exact) mass is 236 g/mol. The van der Waals surface area contributed by atoms with Crippen molar-refractivity contribution < 1.29 is 0 Å². The van der Waals surface area contributed by atoms with Crippen LogP contribution >= 0.6 is 22.6 Å². The van der Waals surface area contributed by atoms with Gasteiger partial charge in [-0.25, -0.2) is 0 Å². The Morgan fingerprint density at radius 3 is 2.67 bits per heavy atom. The Balaban J connectivity index is 2.72. The minimum atomic E-state index is 0.847. The van der Waals surface area contributed by atoms with Crippen molar-refractivity contribution in [1.29, 1.82) is 0 Å². The van der Waals surface area contributed by atoms with Crippen molar-refractivity contribution >= 4 is 22.6 Å². The third-order valence-electron chi connectivity index (χ3n) is 2.03. The second kappa shape index (κ2) is 3.04. The summed E-state index contributed by atoms with van der Waals surface area (Å²) in [6, 6.07) is 0. The molecule has 1 aliphatic rings. The van der Waals surface area contributed by atoms with Crippen LogP contribution in [0.2, 0.25) is 0 Å². The molecule has 52 valence electrons. The van der Waals surface area contributed by atoms with Crippen LogP contribution in [0.25, 0.3) is 0 Å². The molecule has 0 aliphatic heterocycles. The lowest BCUT2D eigenvalue weighted by Crippen LogP contribution is -2.02. The lowest BCUT2D eigenvalue weighted by molar-refractivity contribution is 0.564. The quantitative estimate of drug-likeness (QED) is 0.564. The van der Waals surface area contributed by atoms with Gasteiger partial charge in [0, 0.05) is 0 Å². The number of allylic oxidation sites excluding steroid dienone is 2. The van der Waals surface area contributed by atoms with Gasteiger partial charge in [0.25, 0.3) is 0 Å². The summed E-state index contributed by atoms with van der Waals surface area (Å²) in [7, 11) is 0. The summed E-state index contributed by atoms with van der Waals surface area (Å²) in [5.41, 5.74) is 1.62. The van der Waals surface area contributed by atoms with Crippen molar-refractivity contribution in [3.63, 3.8) is 0 Å². The van der Waals surface area contributed by atoms with Crippen LogP contribution in [0.4, 0.5) is 0 Å². The standard InChI is InChI=1S/C8H13I/c1-6-4-3-5-7(2)8(6)9/h6H,3-5H2,1-2H3. The van der Waals surface area contributed by atoms with Gasteiger partial charge in [-0.1, -0.05) is 12.5 Å². The first-order valence-electron chi connectivity index (χ1n) is 3.57. The zero-order valence-corrected chi connectivity index (χ0v) is 8.23. The number of hydrogen-bond acceptors (Lipinski definition) is 0. The van der Waals surface area contributed by atoms with E-state index in [2.05, 4.69) is 36.4 Å². The van der Waals surface area contributed by atoms with Crippen LogP contribution in [0.3, 0.4) is 0 Å². The van der Waals surface area contributed by atoms with Crippen LogP contribution in [0.15, 0.2) is 9.15 Å². The molecule has 0 nitrogen and oxygen atoms in total. The second-order valence-electron chi connectivity index (χ2n) is 2.92. The van der Waals surface area contributed by atoms with E-state index in [0.29, 0.717) is 0 Å². The molecule has 0 radical (unpaired) electrons. The van der Waals surface area contributed by atoms with Gasteiger partial charge >= 0.3 is 0 Å². The fraction of sp³-hybridized carbons (Fsp3) is 0.750. The normalized spacial score (nSPS) is 29.0. The Labute approximate surface area is 70.9 Å². The van der Waals surface area contributed by atoms with Crippen LogP contribution < -0.4 is 0 Å². The summed E-state index contributed by atoms with van der Waals surface area (Å²) in [6.45, 7) is 4.59. The molecule has 1 heteroatoms. The molecule has 1 aliphatic carbocycles. The van der Waals surface area contributed by atoms with Gasteiger partial charge in [0.05, 0.1) is 0 Å². The third kappa shape index (κ3) is 1.69. The highest BCUT2D eigenvalue weighted by Crippen LogP contribution is 2.33. The van der Waals surface area contributed by atoms with Gasteiger partial charge in [-0.3, -0.25) is 0 Å². The molecule has 1 atom stereocenters. The zero-order chi connectivity index (χ0) is 6.85. The highest BCUT2D eigenvalue weighted by atomic mass is 127. The van der Waals surface area contributed by atoms with E-state index >= 15 is 0 Å². The second-order valence-corrected chi connectivity index (χ2v) is 4.08. The summed E-state index contributed by atoms with van der Waals surface area (Å²) in [5.74, 6) is 0.847. The Morgan fingerprint density at radius 1 is 1.56 bits per heavy atom. The molecular formula is C8H13I. The molecule has 9 heavy (non-hydrogen) atoms. The number of halogens is 1. The molecule has 0 bridgehead atoms. The van der Waals surface area contributed by atoms with Crippen LogP contribution in [0.5, 0.6) is 0 Å². The smallest absolute Gasteiger partial charge is 0.00766 e. The largest absolute Gasteiger partial charge is 0.0638 e. The minimum Gasteiger partial charge on any atom is -0.0638 e. The molecule has 0 saturated heterocycles. The average molecular weight is 236 g/mol. The molecule has 0 aromatic heterocycles. The molecule has 1 unspecified atom stereocenters. The molecule has 0 spiro atoms. The van der Waals surface area contributed by atoms with Gasteiger partial charge in [0.2, 0.25) is 0 Å². The zero-order valence-electron chi connectivity index (χ0n) is 6.08. The molecule has 0 N–H and O–H groups in total. The fourth-order valence-electron chi connectivity index (χ4n) is 1.34. The topological polar surface area (TPSA) is 0 Å². The molecular weight excluding hydrogens is 223 g/mol. The number of hydrogen-bond donors (Lipinski definition) is 0. The Morgan fingerprint density at radius 2 is 2.22 bits per heavy atom. The van der Waals surface area contributed by atoms with Gasteiger partial charge in [-0.05, 0) is 58.3 Å². The predicted octanol–water partition coefficient (Wildman–Crippen LogP) is 3.52. The van der Waals surface area contributed by atoms with Crippen molar-refractivity contribution in [2.75, 3.05) is 0 Å².